The molecule has 1 heterocycles. The zero-order chi connectivity index (χ0) is 11.9. The van der Waals surface area contributed by atoms with Crippen molar-refractivity contribution in [3.05, 3.63) is 0 Å². The lowest BCUT2D eigenvalue weighted by Crippen LogP contribution is -2.46. The molecular weight excluding hydrogens is 198 g/mol. The summed E-state index contributed by atoms with van der Waals surface area (Å²) < 4.78 is 0. The lowest BCUT2D eigenvalue weighted by Gasteiger charge is -2.29. The molecule has 0 aromatic carbocycles. The Kier molecular flexibility index (Phi) is 6.32. The summed E-state index contributed by atoms with van der Waals surface area (Å²) in [5.74, 6) is 0. The topological polar surface area (TPSA) is 27.3 Å². The summed E-state index contributed by atoms with van der Waals surface area (Å²) in [6.45, 7) is 15.2. The van der Waals surface area contributed by atoms with Gasteiger partial charge in [0.15, 0.2) is 0 Å². The van der Waals surface area contributed by atoms with Crippen LogP contribution in [0.2, 0.25) is 0 Å². The Morgan fingerprint density at radius 3 is 2.56 bits per heavy atom. The minimum atomic E-state index is 0.457. The first kappa shape index (κ1) is 13.9. The van der Waals surface area contributed by atoms with Crippen LogP contribution in [0.25, 0.3) is 0 Å². The van der Waals surface area contributed by atoms with Crippen molar-refractivity contribution < 1.29 is 0 Å². The number of nitrogens with one attached hydrogen (secondary N) is 2. The molecule has 0 radical (unpaired) electrons. The Hall–Kier alpha value is -0.120. The molecule has 0 aliphatic carbocycles. The highest BCUT2D eigenvalue weighted by Crippen LogP contribution is 2.20. The van der Waals surface area contributed by atoms with Crippen LogP contribution in [0.15, 0.2) is 0 Å². The van der Waals surface area contributed by atoms with Gasteiger partial charge in [0, 0.05) is 45.8 Å². The SMILES string of the molecule is CCCC(C)(C)CNCCN1CCNCC1. The zero-order valence-electron chi connectivity index (χ0n) is 11.3. The molecular formula is C13H29N3. The van der Waals surface area contributed by atoms with Gasteiger partial charge in [-0.3, -0.25) is 4.90 Å². The number of hydrogen-bond acceptors (Lipinski definition) is 3. The van der Waals surface area contributed by atoms with E-state index in [1.54, 1.807) is 0 Å². The molecule has 0 aromatic heterocycles. The van der Waals surface area contributed by atoms with Crippen LogP contribution in [0.5, 0.6) is 0 Å². The molecule has 3 heteroatoms. The molecule has 0 saturated carbocycles. The first-order valence-electron chi connectivity index (χ1n) is 6.78. The maximum absolute atomic E-state index is 3.60. The molecule has 1 saturated heterocycles. The molecule has 1 rings (SSSR count). The zero-order valence-corrected chi connectivity index (χ0v) is 11.3. The number of nitrogens with zero attached hydrogens (tertiary/aromatic N) is 1. The van der Waals surface area contributed by atoms with E-state index in [0.29, 0.717) is 5.41 Å². The fourth-order valence-corrected chi connectivity index (χ4v) is 2.36. The molecule has 0 unspecified atom stereocenters. The lowest BCUT2D eigenvalue weighted by molar-refractivity contribution is 0.233. The molecule has 96 valence electrons. The molecule has 0 spiro atoms. The quantitative estimate of drug-likeness (QED) is 0.642. The second-order valence-corrected chi connectivity index (χ2v) is 5.68. The predicted molar refractivity (Wildman–Crippen MR) is 70.9 cm³/mol. The van der Waals surface area contributed by atoms with Crippen molar-refractivity contribution in [2.75, 3.05) is 45.8 Å². The van der Waals surface area contributed by atoms with E-state index in [2.05, 4.69) is 36.3 Å². The van der Waals surface area contributed by atoms with Gasteiger partial charge in [-0.25, -0.2) is 0 Å². The van der Waals surface area contributed by atoms with Crippen molar-refractivity contribution in [3.63, 3.8) is 0 Å². The lowest BCUT2D eigenvalue weighted by atomic mass is 9.88. The van der Waals surface area contributed by atoms with Crippen LogP contribution >= 0.6 is 0 Å². The van der Waals surface area contributed by atoms with E-state index in [4.69, 9.17) is 0 Å². The van der Waals surface area contributed by atoms with Gasteiger partial charge in [0.25, 0.3) is 0 Å². The van der Waals surface area contributed by atoms with Gasteiger partial charge in [-0.2, -0.15) is 0 Å². The van der Waals surface area contributed by atoms with E-state index in [9.17, 15) is 0 Å². The van der Waals surface area contributed by atoms with E-state index < -0.39 is 0 Å². The maximum atomic E-state index is 3.60. The van der Waals surface area contributed by atoms with Crippen LogP contribution in [-0.2, 0) is 0 Å². The van der Waals surface area contributed by atoms with Crippen molar-refractivity contribution in [1.82, 2.24) is 15.5 Å². The van der Waals surface area contributed by atoms with E-state index in [1.807, 2.05) is 0 Å². The van der Waals surface area contributed by atoms with Gasteiger partial charge in [0.1, 0.15) is 0 Å². The summed E-state index contributed by atoms with van der Waals surface area (Å²) >= 11 is 0. The minimum absolute atomic E-state index is 0.457. The molecule has 0 atom stereocenters. The summed E-state index contributed by atoms with van der Waals surface area (Å²) in [4.78, 5) is 2.54. The molecule has 2 N–H and O–H groups in total. The van der Waals surface area contributed by atoms with Gasteiger partial charge in [0.2, 0.25) is 0 Å². The van der Waals surface area contributed by atoms with E-state index in [0.717, 1.165) is 26.2 Å². The molecule has 1 aliphatic heterocycles. The van der Waals surface area contributed by atoms with E-state index in [1.165, 1.54) is 32.5 Å². The highest BCUT2D eigenvalue weighted by Gasteiger charge is 2.16. The minimum Gasteiger partial charge on any atom is -0.315 e. The van der Waals surface area contributed by atoms with Crippen molar-refractivity contribution in [1.29, 1.82) is 0 Å². The normalized spacial score (nSPS) is 18.9. The van der Waals surface area contributed by atoms with Gasteiger partial charge < -0.3 is 10.6 Å². The van der Waals surface area contributed by atoms with Crippen molar-refractivity contribution in [2.45, 2.75) is 33.6 Å². The summed E-state index contributed by atoms with van der Waals surface area (Å²) in [5, 5.41) is 6.98. The Morgan fingerprint density at radius 2 is 1.94 bits per heavy atom. The van der Waals surface area contributed by atoms with Crippen LogP contribution in [-0.4, -0.2) is 50.7 Å². The van der Waals surface area contributed by atoms with Crippen LogP contribution < -0.4 is 10.6 Å². The Balaban J connectivity index is 2.02. The van der Waals surface area contributed by atoms with Gasteiger partial charge in [-0.05, 0) is 11.8 Å². The number of rotatable bonds is 7. The number of hydrogen-bond donors (Lipinski definition) is 2. The third kappa shape index (κ3) is 5.83. The second kappa shape index (κ2) is 7.25. The maximum Gasteiger partial charge on any atom is 0.0108 e. The highest BCUT2D eigenvalue weighted by atomic mass is 15.2. The Labute approximate surface area is 101 Å². The van der Waals surface area contributed by atoms with Crippen molar-refractivity contribution in [2.24, 2.45) is 5.41 Å². The fourth-order valence-electron chi connectivity index (χ4n) is 2.36. The van der Waals surface area contributed by atoms with Crippen LogP contribution in [0.1, 0.15) is 33.6 Å². The van der Waals surface area contributed by atoms with E-state index in [-0.39, 0.29) is 0 Å². The van der Waals surface area contributed by atoms with Crippen LogP contribution in [0.4, 0.5) is 0 Å². The average molecular weight is 227 g/mol. The van der Waals surface area contributed by atoms with Gasteiger partial charge >= 0.3 is 0 Å². The summed E-state index contributed by atoms with van der Waals surface area (Å²) in [6.07, 6.45) is 2.60. The monoisotopic (exact) mass is 227 g/mol. The number of piperazine rings is 1. The molecule has 3 nitrogen and oxygen atoms in total. The summed E-state index contributed by atoms with van der Waals surface area (Å²) in [7, 11) is 0. The van der Waals surface area contributed by atoms with Crippen LogP contribution in [0.3, 0.4) is 0 Å². The molecule has 1 aliphatic rings. The first-order chi connectivity index (χ1) is 7.64. The molecule has 16 heavy (non-hydrogen) atoms. The first-order valence-corrected chi connectivity index (χ1v) is 6.78. The largest absolute Gasteiger partial charge is 0.315 e. The van der Waals surface area contributed by atoms with Gasteiger partial charge in [-0.15, -0.1) is 0 Å². The Morgan fingerprint density at radius 1 is 1.25 bits per heavy atom. The fraction of sp³-hybridized carbons (Fsp3) is 1.00. The molecule has 0 aromatic rings. The van der Waals surface area contributed by atoms with Gasteiger partial charge in [-0.1, -0.05) is 27.2 Å². The standard InChI is InChI=1S/C13H29N3/c1-4-5-13(2,3)12-15-8-11-16-9-6-14-7-10-16/h14-15H,4-12H2,1-3H3. The average Bonchev–Trinajstić information content (AvgIpc) is 2.26. The smallest absolute Gasteiger partial charge is 0.0108 e. The predicted octanol–water partition coefficient (Wildman–Crippen LogP) is 1.31. The van der Waals surface area contributed by atoms with E-state index >= 15 is 0 Å². The second-order valence-electron chi connectivity index (χ2n) is 5.68. The summed E-state index contributed by atoms with van der Waals surface area (Å²) in [5.41, 5.74) is 0.457. The molecule has 0 bridgehead atoms. The van der Waals surface area contributed by atoms with Gasteiger partial charge in [0.05, 0.1) is 0 Å². The summed E-state index contributed by atoms with van der Waals surface area (Å²) in [6, 6.07) is 0. The van der Waals surface area contributed by atoms with Crippen LogP contribution in [0, 0.1) is 5.41 Å². The Bertz CT molecular complexity index is 174. The van der Waals surface area contributed by atoms with Crippen molar-refractivity contribution >= 4 is 0 Å². The third-order valence-corrected chi connectivity index (χ3v) is 3.34. The third-order valence-electron chi connectivity index (χ3n) is 3.34. The molecule has 1 fully saturated rings. The molecule has 0 amide bonds. The van der Waals surface area contributed by atoms with Crippen molar-refractivity contribution in [3.8, 4) is 0 Å². The highest BCUT2D eigenvalue weighted by molar-refractivity contribution is 4.72.